The van der Waals surface area contributed by atoms with Crippen LogP contribution in [0.2, 0.25) is 0 Å². The Bertz CT molecular complexity index is 667. The number of amides is 2. The van der Waals surface area contributed by atoms with Gasteiger partial charge < -0.3 is 15.1 Å². The summed E-state index contributed by atoms with van der Waals surface area (Å²) in [5, 5.41) is 2.78. The summed E-state index contributed by atoms with van der Waals surface area (Å²) >= 11 is 0. The summed E-state index contributed by atoms with van der Waals surface area (Å²) in [6, 6.07) is 5.11. The van der Waals surface area contributed by atoms with Crippen LogP contribution in [0.5, 0.6) is 0 Å². The molecule has 1 aliphatic carbocycles. The van der Waals surface area contributed by atoms with Crippen molar-refractivity contribution < 1.29 is 14.0 Å². The Morgan fingerprint density at radius 3 is 2.54 bits per heavy atom. The number of carbonyl (C=O) groups excluding carboxylic acids is 2. The zero-order valence-electron chi connectivity index (χ0n) is 15.6. The Morgan fingerprint density at radius 1 is 1.23 bits per heavy atom. The predicted molar refractivity (Wildman–Crippen MR) is 98.3 cm³/mol. The zero-order chi connectivity index (χ0) is 18.7. The first-order valence-electron chi connectivity index (χ1n) is 9.43. The van der Waals surface area contributed by atoms with Gasteiger partial charge in [-0.1, -0.05) is 12.1 Å². The van der Waals surface area contributed by atoms with E-state index in [9.17, 15) is 14.0 Å². The third-order valence-corrected chi connectivity index (χ3v) is 5.50. The molecule has 2 amide bonds. The highest BCUT2D eigenvalue weighted by molar-refractivity contribution is 5.85. The van der Waals surface area contributed by atoms with Crippen LogP contribution in [-0.2, 0) is 9.59 Å². The first-order chi connectivity index (χ1) is 12.4. The molecule has 0 radical (unpaired) electrons. The van der Waals surface area contributed by atoms with Gasteiger partial charge in [0.25, 0.3) is 0 Å². The second-order valence-electron chi connectivity index (χ2n) is 7.62. The van der Waals surface area contributed by atoms with Crippen molar-refractivity contribution in [2.24, 2.45) is 5.92 Å². The maximum atomic E-state index is 13.5. The molecule has 1 N–H and O–H groups in total. The second-order valence-corrected chi connectivity index (χ2v) is 7.62. The van der Waals surface area contributed by atoms with E-state index in [2.05, 4.69) is 10.2 Å². The van der Waals surface area contributed by atoms with Gasteiger partial charge in [-0.05, 0) is 55.8 Å². The van der Waals surface area contributed by atoms with Gasteiger partial charge >= 0.3 is 0 Å². The molecule has 0 aromatic heterocycles. The van der Waals surface area contributed by atoms with Gasteiger partial charge in [0.15, 0.2) is 0 Å². The fraction of sp³-hybridized carbons (Fsp3) is 0.600. The first kappa shape index (κ1) is 18.8. The van der Waals surface area contributed by atoms with Crippen molar-refractivity contribution in [2.45, 2.75) is 32.1 Å². The van der Waals surface area contributed by atoms with Crippen molar-refractivity contribution in [3.05, 3.63) is 35.1 Å². The largest absolute Gasteiger partial charge is 0.347 e. The Morgan fingerprint density at radius 2 is 1.92 bits per heavy atom. The van der Waals surface area contributed by atoms with Crippen LogP contribution < -0.4 is 5.32 Å². The first-order valence-corrected chi connectivity index (χ1v) is 9.43. The Balaban J connectivity index is 1.52. The van der Waals surface area contributed by atoms with E-state index in [0.29, 0.717) is 31.0 Å². The van der Waals surface area contributed by atoms with Crippen molar-refractivity contribution in [3.8, 4) is 0 Å². The van der Waals surface area contributed by atoms with Crippen molar-refractivity contribution >= 4 is 11.8 Å². The molecule has 1 unspecified atom stereocenters. The van der Waals surface area contributed by atoms with Gasteiger partial charge in [-0.3, -0.25) is 9.59 Å². The maximum Gasteiger partial charge on any atom is 0.242 e. The van der Waals surface area contributed by atoms with Gasteiger partial charge in [0.05, 0.1) is 6.54 Å². The third-order valence-electron chi connectivity index (χ3n) is 5.50. The highest BCUT2D eigenvalue weighted by Gasteiger charge is 2.34. The minimum atomic E-state index is -0.217. The number of rotatable bonds is 6. The third kappa shape index (κ3) is 4.81. The summed E-state index contributed by atoms with van der Waals surface area (Å²) in [6.07, 6.45) is 2.56. The average Bonchev–Trinajstić information content (AvgIpc) is 3.45. The summed E-state index contributed by atoms with van der Waals surface area (Å²) in [5.41, 5.74) is 1.63. The molecule has 0 spiro atoms. The molecule has 1 aromatic carbocycles. The van der Waals surface area contributed by atoms with Crippen LogP contribution in [0.15, 0.2) is 18.2 Å². The molecule has 1 saturated heterocycles. The van der Waals surface area contributed by atoms with Crippen LogP contribution >= 0.6 is 0 Å². The number of hydrogen-bond acceptors (Lipinski definition) is 3. The van der Waals surface area contributed by atoms with Gasteiger partial charge in [0.1, 0.15) is 5.82 Å². The van der Waals surface area contributed by atoms with Gasteiger partial charge in [0.2, 0.25) is 11.8 Å². The SMILES string of the molecule is Cc1cc(C(CC(=O)NCC(=O)N2CCN(C)CC2)C2CC2)ccc1F. The second kappa shape index (κ2) is 8.16. The van der Waals surface area contributed by atoms with Gasteiger partial charge in [-0.15, -0.1) is 0 Å². The normalized spacial score (nSPS) is 19.3. The van der Waals surface area contributed by atoms with E-state index in [-0.39, 0.29) is 30.1 Å². The smallest absolute Gasteiger partial charge is 0.242 e. The Kier molecular flexibility index (Phi) is 5.91. The standard InChI is InChI=1S/C20H28FN3O2/c1-14-11-16(5-6-18(14)21)17(15-3-4-15)12-19(25)22-13-20(26)24-9-7-23(2)8-10-24/h5-6,11,15,17H,3-4,7-10,12-13H2,1-2H3,(H,22,25). The maximum absolute atomic E-state index is 13.5. The number of halogens is 1. The van der Waals surface area contributed by atoms with Crippen molar-refractivity contribution in [1.29, 1.82) is 0 Å². The summed E-state index contributed by atoms with van der Waals surface area (Å²) < 4.78 is 13.5. The number of piperazine rings is 1. The molecule has 1 aliphatic heterocycles. The predicted octanol–water partition coefficient (Wildman–Crippen LogP) is 1.91. The lowest BCUT2D eigenvalue weighted by atomic mass is 9.89. The van der Waals surface area contributed by atoms with Crippen LogP contribution in [0.25, 0.3) is 0 Å². The molecule has 142 valence electrons. The van der Waals surface area contributed by atoms with Crippen molar-refractivity contribution in [3.63, 3.8) is 0 Å². The lowest BCUT2D eigenvalue weighted by Crippen LogP contribution is -2.50. The van der Waals surface area contributed by atoms with Gasteiger partial charge in [-0.2, -0.15) is 0 Å². The molecular weight excluding hydrogens is 333 g/mol. The average molecular weight is 361 g/mol. The zero-order valence-corrected chi connectivity index (χ0v) is 15.6. The molecule has 6 heteroatoms. The number of aryl methyl sites for hydroxylation is 1. The molecule has 0 bridgehead atoms. The quantitative estimate of drug-likeness (QED) is 0.842. The Labute approximate surface area is 154 Å². The molecule has 5 nitrogen and oxygen atoms in total. The van der Waals surface area contributed by atoms with Crippen LogP contribution in [0.3, 0.4) is 0 Å². The highest BCUT2D eigenvalue weighted by atomic mass is 19.1. The van der Waals surface area contributed by atoms with Crippen LogP contribution in [0.1, 0.15) is 36.3 Å². The fourth-order valence-corrected chi connectivity index (χ4v) is 3.57. The summed E-state index contributed by atoms with van der Waals surface area (Å²) in [5.74, 6) is 0.246. The van der Waals surface area contributed by atoms with E-state index in [0.717, 1.165) is 31.5 Å². The molecule has 2 fully saturated rings. The molecule has 1 saturated carbocycles. The molecule has 1 aromatic rings. The van der Waals surface area contributed by atoms with Crippen LogP contribution in [-0.4, -0.2) is 61.4 Å². The van der Waals surface area contributed by atoms with Gasteiger partial charge in [-0.25, -0.2) is 4.39 Å². The number of likely N-dealkylation sites (N-methyl/N-ethyl adjacent to an activating group) is 1. The molecule has 1 atom stereocenters. The number of benzene rings is 1. The monoisotopic (exact) mass is 361 g/mol. The molecule has 26 heavy (non-hydrogen) atoms. The van der Waals surface area contributed by atoms with E-state index < -0.39 is 0 Å². The molecule has 1 heterocycles. The Hall–Kier alpha value is -1.95. The van der Waals surface area contributed by atoms with E-state index in [4.69, 9.17) is 0 Å². The fourth-order valence-electron chi connectivity index (χ4n) is 3.57. The minimum Gasteiger partial charge on any atom is -0.347 e. The lowest BCUT2D eigenvalue weighted by molar-refractivity contribution is -0.134. The number of nitrogens with zero attached hydrogens (tertiary/aromatic N) is 2. The van der Waals surface area contributed by atoms with Gasteiger partial charge in [0, 0.05) is 32.6 Å². The summed E-state index contributed by atoms with van der Waals surface area (Å²) in [7, 11) is 2.04. The minimum absolute atomic E-state index is 0.0213. The number of hydrogen-bond donors (Lipinski definition) is 1. The van der Waals surface area contributed by atoms with Crippen LogP contribution in [0.4, 0.5) is 4.39 Å². The summed E-state index contributed by atoms with van der Waals surface area (Å²) in [6.45, 7) is 4.97. The van der Waals surface area contributed by atoms with E-state index >= 15 is 0 Å². The number of nitrogens with one attached hydrogen (secondary N) is 1. The molecule has 2 aliphatic rings. The summed E-state index contributed by atoms with van der Waals surface area (Å²) in [4.78, 5) is 28.6. The highest BCUT2D eigenvalue weighted by Crippen LogP contribution is 2.44. The van der Waals surface area contributed by atoms with E-state index in [1.807, 2.05) is 18.0 Å². The lowest BCUT2D eigenvalue weighted by Gasteiger charge is -2.32. The molecular formula is C20H28FN3O2. The van der Waals surface area contributed by atoms with E-state index in [1.165, 1.54) is 6.07 Å². The van der Waals surface area contributed by atoms with E-state index in [1.54, 1.807) is 13.0 Å². The van der Waals surface area contributed by atoms with Crippen molar-refractivity contribution in [2.75, 3.05) is 39.8 Å². The molecule has 3 rings (SSSR count). The van der Waals surface area contributed by atoms with Crippen molar-refractivity contribution in [1.82, 2.24) is 15.1 Å². The number of carbonyl (C=O) groups is 2. The topological polar surface area (TPSA) is 52.7 Å². The van der Waals surface area contributed by atoms with Crippen LogP contribution in [0, 0.1) is 18.7 Å².